The molecule has 0 amide bonds. The molecule has 7 heteroatoms. The van der Waals surface area contributed by atoms with Crippen LogP contribution in [0.2, 0.25) is 0 Å². The molecule has 5 rings (SSSR count). The second kappa shape index (κ2) is 7.06. The number of aromatic nitrogens is 3. The number of halogens is 1. The van der Waals surface area contributed by atoms with E-state index in [0.29, 0.717) is 35.3 Å². The lowest BCUT2D eigenvalue weighted by Crippen LogP contribution is -2.37. The third kappa shape index (κ3) is 2.88. The fourth-order valence-electron chi connectivity index (χ4n) is 4.51. The van der Waals surface area contributed by atoms with Gasteiger partial charge < -0.3 is 9.30 Å². The average Bonchev–Trinajstić information content (AvgIpc) is 3.12. The van der Waals surface area contributed by atoms with Crippen LogP contribution in [0.15, 0.2) is 58.1 Å². The van der Waals surface area contributed by atoms with Crippen molar-refractivity contribution in [2.45, 2.75) is 19.6 Å². The lowest BCUT2D eigenvalue weighted by Gasteiger charge is -2.27. The van der Waals surface area contributed by atoms with Gasteiger partial charge in [0.05, 0.1) is 28.9 Å². The van der Waals surface area contributed by atoms with Gasteiger partial charge in [0, 0.05) is 20.6 Å². The van der Waals surface area contributed by atoms with Gasteiger partial charge in [0.25, 0.3) is 5.56 Å². The number of hydrogen-bond donors (Lipinski definition) is 0. The van der Waals surface area contributed by atoms with Crippen LogP contribution in [-0.4, -0.2) is 20.3 Å². The van der Waals surface area contributed by atoms with Gasteiger partial charge in [-0.05, 0) is 30.2 Å². The van der Waals surface area contributed by atoms with E-state index in [1.54, 1.807) is 19.2 Å². The van der Waals surface area contributed by atoms with Crippen molar-refractivity contribution in [3.05, 3.63) is 92.0 Å². The molecule has 0 fully saturated rings. The monoisotopic (exact) mass is 419 g/mol. The Labute approximate surface area is 177 Å². The zero-order chi connectivity index (χ0) is 21.9. The predicted octanol–water partition coefficient (Wildman–Crippen LogP) is 3.27. The van der Waals surface area contributed by atoms with Gasteiger partial charge in [-0.15, -0.1) is 0 Å². The highest BCUT2D eigenvalue weighted by Crippen LogP contribution is 2.40. The van der Waals surface area contributed by atoms with E-state index in [1.807, 2.05) is 31.2 Å². The maximum Gasteiger partial charge on any atom is 0.331 e. The molecule has 0 bridgehead atoms. The number of aryl methyl sites for hydroxylation is 2. The van der Waals surface area contributed by atoms with E-state index in [0.717, 1.165) is 21.4 Å². The highest BCUT2D eigenvalue weighted by atomic mass is 19.1. The summed E-state index contributed by atoms with van der Waals surface area (Å²) >= 11 is 0. The second-order valence-electron chi connectivity index (χ2n) is 7.99. The first kappa shape index (κ1) is 19.5. The SMILES string of the molecule is Cc1ccc(-c2c3c(=O)n(C)c(=O)n(C)c3c3n2CCOC3c2cccc(F)c2)cc1. The minimum Gasteiger partial charge on any atom is -0.365 e. The minimum atomic E-state index is -0.594. The maximum atomic E-state index is 14.0. The van der Waals surface area contributed by atoms with Crippen LogP contribution < -0.4 is 11.2 Å². The van der Waals surface area contributed by atoms with E-state index >= 15 is 0 Å². The largest absolute Gasteiger partial charge is 0.365 e. The molecular formula is C24H22FN3O3. The molecule has 3 heterocycles. The Hall–Kier alpha value is -3.45. The summed E-state index contributed by atoms with van der Waals surface area (Å²) in [6, 6.07) is 14.2. The Morgan fingerprint density at radius 3 is 2.48 bits per heavy atom. The molecule has 4 aromatic rings. The van der Waals surface area contributed by atoms with Crippen LogP contribution >= 0.6 is 0 Å². The lowest BCUT2D eigenvalue weighted by atomic mass is 10.0. The van der Waals surface area contributed by atoms with E-state index in [4.69, 9.17) is 4.74 Å². The lowest BCUT2D eigenvalue weighted by molar-refractivity contribution is 0.0477. The summed E-state index contributed by atoms with van der Waals surface area (Å²) in [4.78, 5) is 26.1. The predicted molar refractivity (Wildman–Crippen MR) is 117 cm³/mol. The summed E-state index contributed by atoms with van der Waals surface area (Å²) in [6.07, 6.45) is -0.594. The van der Waals surface area contributed by atoms with Crippen LogP contribution in [-0.2, 0) is 25.4 Å². The molecule has 158 valence electrons. The first-order chi connectivity index (χ1) is 14.9. The Morgan fingerprint density at radius 1 is 1.03 bits per heavy atom. The topological polar surface area (TPSA) is 58.2 Å². The molecule has 1 aliphatic rings. The van der Waals surface area contributed by atoms with Crippen LogP contribution in [0.3, 0.4) is 0 Å². The number of benzene rings is 2. The molecule has 0 aliphatic carbocycles. The quantitative estimate of drug-likeness (QED) is 0.501. The van der Waals surface area contributed by atoms with Crippen molar-refractivity contribution < 1.29 is 9.13 Å². The molecule has 1 aliphatic heterocycles. The summed E-state index contributed by atoms with van der Waals surface area (Å²) in [6.45, 7) is 2.94. The molecule has 0 saturated carbocycles. The molecule has 0 radical (unpaired) electrons. The Bertz CT molecular complexity index is 1440. The van der Waals surface area contributed by atoms with E-state index in [2.05, 4.69) is 4.57 Å². The zero-order valence-corrected chi connectivity index (χ0v) is 17.6. The molecule has 0 spiro atoms. The van der Waals surface area contributed by atoms with Crippen molar-refractivity contribution in [1.29, 1.82) is 0 Å². The molecule has 0 N–H and O–H groups in total. The zero-order valence-electron chi connectivity index (χ0n) is 17.6. The standard InChI is InChI=1S/C24H22FN3O3/c1-14-7-9-15(10-8-14)19-18-20(26(2)24(30)27(3)23(18)29)21-22(31-12-11-28(19)21)16-5-4-6-17(25)13-16/h4-10,13,22H,11-12H2,1-3H3. The fraction of sp³-hybridized carbons (Fsp3) is 0.250. The van der Waals surface area contributed by atoms with Gasteiger partial charge in [-0.2, -0.15) is 0 Å². The van der Waals surface area contributed by atoms with Crippen LogP contribution in [0.1, 0.15) is 22.9 Å². The number of hydrogen-bond acceptors (Lipinski definition) is 3. The van der Waals surface area contributed by atoms with Crippen molar-refractivity contribution >= 4 is 10.9 Å². The van der Waals surface area contributed by atoms with Gasteiger partial charge in [0.2, 0.25) is 0 Å². The third-order valence-electron chi connectivity index (χ3n) is 6.03. The maximum absolute atomic E-state index is 14.0. The number of nitrogens with zero attached hydrogens (tertiary/aromatic N) is 3. The minimum absolute atomic E-state index is 0.353. The molecule has 6 nitrogen and oxygen atoms in total. The summed E-state index contributed by atoms with van der Waals surface area (Å²) in [5, 5.41) is 0.468. The molecule has 1 unspecified atom stereocenters. The first-order valence-corrected chi connectivity index (χ1v) is 10.1. The van der Waals surface area contributed by atoms with Gasteiger partial charge in [0.15, 0.2) is 0 Å². The first-order valence-electron chi connectivity index (χ1n) is 10.1. The van der Waals surface area contributed by atoms with Crippen molar-refractivity contribution in [1.82, 2.24) is 13.7 Å². The molecule has 0 saturated heterocycles. The number of ether oxygens (including phenoxy) is 1. The molecule has 1 atom stereocenters. The van der Waals surface area contributed by atoms with Gasteiger partial charge in [0.1, 0.15) is 11.9 Å². The summed E-state index contributed by atoms with van der Waals surface area (Å²) in [7, 11) is 3.14. The summed E-state index contributed by atoms with van der Waals surface area (Å²) in [5.74, 6) is -0.363. The van der Waals surface area contributed by atoms with Gasteiger partial charge in [-0.25, -0.2) is 9.18 Å². The van der Waals surface area contributed by atoms with Crippen molar-refractivity contribution in [3.63, 3.8) is 0 Å². The smallest absolute Gasteiger partial charge is 0.331 e. The Morgan fingerprint density at radius 2 is 1.77 bits per heavy atom. The van der Waals surface area contributed by atoms with Gasteiger partial charge >= 0.3 is 5.69 Å². The normalized spacial score (nSPS) is 15.9. The van der Waals surface area contributed by atoms with Crippen molar-refractivity contribution in [2.24, 2.45) is 14.1 Å². The summed E-state index contributed by atoms with van der Waals surface area (Å²) < 4.78 is 24.8. The highest BCUT2D eigenvalue weighted by Gasteiger charge is 2.33. The average molecular weight is 419 g/mol. The number of fused-ring (bicyclic) bond motifs is 3. The molecule has 2 aromatic heterocycles. The highest BCUT2D eigenvalue weighted by molar-refractivity contribution is 5.96. The Kier molecular flexibility index (Phi) is 4.44. The van der Waals surface area contributed by atoms with E-state index in [-0.39, 0.29) is 11.4 Å². The van der Waals surface area contributed by atoms with Crippen LogP contribution in [0.4, 0.5) is 4.39 Å². The fourth-order valence-corrected chi connectivity index (χ4v) is 4.51. The van der Waals surface area contributed by atoms with E-state index in [1.165, 1.54) is 23.7 Å². The van der Waals surface area contributed by atoms with Crippen molar-refractivity contribution in [3.8, 4) is 11.3 Å². The number of rotatable bonds is 2. The third-order valence-corrected chi connectivity index (χ3v) is 6.03. The van der Waals surface area contributed by atoms with Crippen LogP contribution in [0, 0.1) is 12.7 Å². The molecule has 31 heavy (non-hydrogen) atoms. The van der Waals surface area contributed by atoms with E-state index in [9.17, 15) is 14.0 Å². The van der Waals surface area contributed by atoms with Crippen molar-refractivity contribution in [2.75, 3.05) is 6.61 Å². The van der Waals surface area contributed by atoms with E-state index < -0.39 is 11.8 Å². The second-order valence-corrected chi connectivity index (χ2v) is 7.99. The molecular weight excluding hydrogens is 397 g/mol. The summed E-state index contributed by atoms with van der Waals surface area (Å²) in [5.41, 5.74) is 3.85. The van der Waals surface area contributed by atoms with Gasteiger partial charge in [-0.3, -0.25) is 13.9 Å². The Balaban J connectivity index is 1.94. The molecule has 2 aromatic carbocycles. The van der Waals surface area contributed by atoms with Crippen LogP contribution in [0.25, 0.3) is 22.2 Å². The van der Waals surface area contributed by atoms with Gasteiger partial charge in [-0.1, -0.05) is 42.0 Å². The van der Waals surface area contributed by atoms with Crippen LogP contribution in [0.5, 0.6) is 0 Å².